The minimum Gasteiger partial charge on any atom is -0.352 e. The molecule has 2 aromatic carbocycles. The number of carbonyl (C=O) groups is 3. The molecule has 164 valence electrons. The molecule has 4 N–H and O–H groups in total. The minimum atomic E-state index is -0.454. The van der Waals surface area contributed by atoms with Gasteiger partial charge < -0.3 is 16.0 Å². The second-order valence-corrected chi connectivity index (χ2v) is 8.29. The molecule has 2 aromatic rings. The molecule has 0 radical (unpaired) electrons. The van der Waals surface area contributed by atoms with Crippen LogP contribution in [-0.2, 0) is 27.5 Å². The summed E-state index contributed by atoms with van der Waals surface area (Å²) in [5, 5.41) is 11.6. The molecule has 3 amide bonds. The second-order valence-electron chi connectivity index (χ2n) is 7.20. The van der Waals surface area contributed by atoms with Gasteiger partial charge in [0.05, 0.1) is 5.75 Å². The van der Waals surface area contributed by atoms with Gasteiger partial charge in [0, 0.05) is 32.0 Å². The lowest BCUT2D eigenvalue weighted by molar-refractivity contribution is -0.125. The van der Waals surface area contributed by atoms with Crippen LogP contribution in [0.3, 0.4) is 0 Å². The number of benzene rings is 2. The van der Waals surface area contributed by atoms with E-state index in [-0.39, 0.29) is 48.2 Å². The molecule has 1 saturated heterocycles. The molecule has 0 aromatic heterocycles. The first-order valence-corrected chi connectivity index (χ1v) is 11.0. The number of rotatable bonds is 9. The first kappa shape index (κ1) is 22.8. The average Bonchev–Trinajstić information content (AvgIpc) is 2.76. The molecular weight excluding hydrogens is 419 g/mol. The van der Waals surface area contributed by atoms with E-state index in [2.05, 4.69) is 21.3 Å². The molecule has 0 spiro atoms. The topological polar surface area (TPSA) is 99.3 Å². The quantitative estimate of drug-likeness (QED) is 0.471. The molecule has 7 nitrogen and oxygen atoms in total. The molecule has 1 aliphatic heterocycles. The van der Waals surface area contributed by atoms with Gasteiger partial charge in [-0.05, 0) is 23.3 Å². The SMILES string of the molecule is O=C(CSC1NC(=O)CC(CC(=O)NCc2ccccc2)N1)NCc1ccc(F)cc1. The highest BCUT2D eigenvalue weighted by molar-refractivity contribution is 8.00. The lowest BCUT2D eigenvalue weighted by atomic mass is 10.1. The highest BCUT2D eigenvalue weighted by atomic mass is 32.2. The molecule has 0 aliphatic carbocycles. The summed E-state index contributed by atoms with van der Waals surface area (Å²) in [6.07, 6.45) is 0.376. The van der Waals surface area contributed by atoms with Crippen LogP contribution in [0.1, 0.15) is 24.0 Å². The fraction of sp³-hybridized carbons (Fsp3) is 0.318. The van der Waals surface area contributed by atoms with Crippen LogP contribution >= 0.6 is 11.8 Å². The largest absolute Gasteiger partial charge is 0.352 e. The van der Waals surface area contributed by atoms with E-state index in [9.17, 15) is 18.8 Å². The molecular formula is C22H25FN4O3S. The Labute approximate surface area is 184 Å². The molecule has 1 heterocycles. The Morgan fingerprint density at radius 3 is 2.32 bits per heavy atom. The molecule has 3 rings (SSSR count). The van der Waals surface area contributed by atoms with Crippen LogP contribution in [0.2, 0.25) is 0 Å². The van der Waals surface area contributed by atoms with Crippen molar-refractivity contribution in [1.82, 2.24) is 21.3 Å². The zero-order valence-electron chi connectivity index (χ0n) is 16.9. The van der Waals surface area contributed by atoms with Gasteiger partial charge in [0.2, 0.25) is 17.7 Å². The molecule has 0 bridgehead atoms. The van der Waals surface area contributed by atoms with Crippen molar-refractivity contribution in [2.45, 2.75) is 37.5 Å². The Morgan fingerprint density at radius 2 is 1.61 bits per heavy atom. The predicted octanol–water partition coefficient (Wildman–Crippen LogP) is 1.64. The fourth-order valence-electron chi connectivity index (χ4n) is 3.07. The summed E-state index contributed by atoms with van der Waals surface area (Å²) in [4.78, 5) is 36.3. The summed E-state index contributed by atoms with van der Waals surface area (Å²) >= 11 is 1.24. The summed E-state index contributed by atoms with van der Waals surface area (Å²) in [6, 6.07) is 15.2. The normalized spacial score (nSPS) is 18.2. The van der Waals surface area contributed by atoms with Crippen molar-refractivity contribution in [1.29, 1.82) is 0 Å². The Morgan fingerprint density at radius 1 is 0.968 bits per heavy atom. The molecule has 1 aliphatic rings. The van der Waals surface area contributed by atoms with Gasteiger partial charge in [0.1, 0.15) is 11.3 Å². The maximum absolute atomic E-state index is 12.9. The number of thioether (sulfide) groups is 1. The number of amides is 3. The van der Waals surface area contributed by atoms with Crippen LogP contribution in [0.25, 0.3) is 0 Å². The summed E-state index contributed by atoms with van der Waals surface area (Å²) in [5.41, 5.74) is 1.35. The van der Waals surface area contributed by atoms with Gasteiger partial charge in [-0.2, -0.15) is 0 Å². The van der Waals surface area contributed by atoms with Crippen molar-refractivity contribution in [2.75, 3.05) is 5.75 Å². The van der Waals surface area contributed by atoms with Gasteiger partial charge >= 0.3 is 0 Å². The smallest absolute Gasteiger partial charge is 0.230 e. The Hall–Kier alpha value is -2.91. The zero-order valence-corrected chi connectivity index (χ0v) is 17.7. The maximum atomic E-state index is 12.9. The highest BCUT2D eigenvalue weighted by Gasteiger charge is 2.28. The van der Waals surface area contributed by atoms with Crippen LogP contribution < -0.4 is 21.3 Å². The third-order valence-electron chi connectivity index (χ3n) is 4.66. The van der Waals surface area contributed by atoms with Crippen LogP contribution in [-0.4, -0.2) is 35.0 Å². The van der Waals surface area contributed by atoms with E-state index >= 15 is 0 Å². The number of carbonyl (C=O) groups excluding carboxylic acids is 3. The van der Waals surface area contributed by atoms with E-state index in [1.807, 2.05) is 30.3 Å². The monoisotopic (exact) mass is 444 g/mol. The fourth-order valence-corrected chi connectivity index (χ4v) is 3.99. The number of hydrogen-bond acceptors (Lipinski definition) is 5. The third-order valence-corrected chi connectivity index (χ3v) is 5.68. The zero-order chi connectivity index (χ0) is 22.1. The van der Waals surface area contributed by atoms with Crippen molar-refractivity contribution in [3.63, 3.8) is 0 Å². The Balaban J connectivity index is 1.38. The standard InChI is InChI=1S/C22H25FN4O3S/c23-17-8-6-16(7-9-17)13-25-21(30)14-31-22-26-18(11-20(29)27-22)10-19(28)24-12-15-4-2-1-3-5-15/h1-9,18,22,26H,10-14H2,(H,24,28)(H,25,30)(H,27,29). The summed E-state index contributed by atoms with van der Waals surface area (Å²) < 4.78 is 12.9. The molecule has 31 heavy (non-hydrogen) atoms. The van der Waals surface area contributed by atoms with Gasteiger partial charge in [-0.3, -0.25) is 19.7 Å². The van der Waals surface area contributed by atoms with Crippen molar-refractivity contribution in [3.05, 3.63) is 71.5 Å². The van der Waals surface area contributed by atoms with E-state index in [1.54, 1.807) is 12.1 Å². The highest BCUT2D eigenvalue weighted by Crippen LogP contribution is 2.14. The molecule has 9 heteroatoms. The van der Waals surface area contributed by atoms with Crippen molar-refractivity contribution >= 4 is 29.5 Å². The van der Waals surface area contributed by atoms with E-state index in [4.69, 9.17) is 0 Å². The van der Waals surface area contributed by atoms with Gasteiger partial charge in [0.15, 0.2) is 0 Å². The Bertz CT molecular complexity index is 895. The maximum Gasteiger partial charge on any atom is 0.230 e. The molecule has 2 unspecified atom stereocenters. The third kappa shape index (κ3) is 8.03. The van der Waals surface area contributed by atoms with Crippen molar-refractivity contribution in [2.24, 2.45) is 0 Å². The van der Waals surface area contributed by atoms with Gasteiger partial charge in [0.25, 0.3) is 0 Å². The number of halogens is 1. The first-order valence-electron chi connectivity index (χ1n) is 9.97. The van der Waals surface area contributed by atoms with Crippen molar-refractivity contribution < 1.29 is 18.8 Å². The number of nitrogens with one attached hydrogen (secondary N) is 4. The van der Waals surface area contributed by atoms with E-state index < -0.39 is 5.50 Å². The molecule has 1 fully saturated rings. The van der Waals surface area contributed by atoms with E-state index in [0.29, 0.717) is 13.1 Å². The summed E-state index contributed by atoms with van der Waals surface area (Å²) in [6.45, 7) is 0.735. The Kier molecular flexibility index (Phi) is 8.43. The van der Waals surface area contributed by atoms with E-state index in [0.717, 1.165) is 11.1 Å². The number of hydrogen-bond donors (Lipinski definition) is 4. The summed E-state index contributed by atoms with van der Waals surface area (Å²) in [7, 11) is 0. The lowest BCUT2D eigenvalue weighted by Crippen LogP contribution is -2.56. The second kappa shape index (κ2) is 11.5. The van der Waals surface area contributed by atoms with E-state index in [1.165, 1.54) is 23.9 Å². The first-order chi connectivity index (χ1) is 15.0. The van der Waals surface area contributed by atoms with Crippen LogP contribution in [0.15, 0.2) is 54.6 Å². The van der Waals surface area contributed by atoms with Crippen molar-refractivity contribution in [3.8, 4) is 0 Å². The van der Waals surface area contributed by atoms with Crippen LogP contribution in [0, 0.1) is 5.82 Å². The van der Waals surface area contributed by atoms with Gasteiger partial charge in [-0.15, -0.1) is 11.8 Å². The van der Waals surface area contributed by atoms with Crippen LogP contribution in [0.5, 0.6) is 0 Å². The van der Waals surface area contributed by atoms with Gasteiger partial charge in [-0.25, -0.2) is 4.39 Å². The summed E-state index contributed by atoms with van der Waals surface area (Å²) in [5.74, 6) is -0.701. The lowest BCUT2D eigenvalue weighted by Gasteiger charge is -2.30. The predicted molar refractivity (Wildman–Crippen MR) is 117 cm³/mol. The average molecular weight is 445 g/mol. The minimum absolute atomic E-state index is 0.131. The van der Waals surface area contributed by atoms with Gasteiger partial charge in [-0.1, -0.05) is 42.5 Å². The molecule has 2 atom stereocenters. The molecule has 0 saturated carbocycles. The van der Waals surface area contributed by atoms with Crippen LogP contribution in [0.4, 0.5) is 4.39 Å².